The van der Waals surface area contributed by atoms with Crippen molar-refractivity contribution in [3.05, 3.63) is 50.7 Å². The molecule has 9 heteroatoms. The molecule has 1 aliphatic heterocycles. The number of aryl methyl sites for hydroxylation is 2. The number of ether oxygens (including phenoxy) is 1. The van der Waals surface area contributed by atoms with E-state index in [4.69, 9.17) is 0 Å². The molecule has 1 aromatic carbocycles. The van der Waals surface area contributed by atoms with Crippen LogP contribution in [0.1, 0.15) is 30.7 Å². The Balaban J connectivity index is 1.74. The number of nitrogens with zero attached hydrogens (tertiary/aromatic N) is 4. The molecule has 0 spiro atoms. The van der Waals surface area contributed by atoms with Crippen LogP contribution in [0.3, 0.4) is 0 Å². The average Bonchev–Trinajstić information content (AvgIpc) is 3.15. The van der Waals surface area contributed by atoms with Crippen LogP contribution in [0.4, 0.5) is 0 Å². The number of rotatable bonds is 5. The van der Waals surface area contributed by atoms with Crippen molar-refractivity contribution in [1.29, 1.82) is 0 Å². The molecule has 3 heterocycles. The SMILES string of the molecule is COC(=O)CCn1c(=O)c2nc(-c3ccc(C4CCNCC4)cc3)n(C)c2n(C)c1=O. The van der Waals surface area contributed by atoms with Gasteiger partial charge >= 0.3 is 11.7 Å². The normalized spacial score (nSPS) is 14.8. The van der Waals surface area contributed by atoms with Gasteiger partial charge < -0.3 is 14.6 Å². The Labute approximate surface area is 179 Å². The van der Waals surface area contributed by atoms with Gasteiger partial charge in [0, 0.05) is 26.2 Å². The summed E-state index contributed by atoms with van der Waals surface area (Å²) in [7, 11) is 4.67. The lowest BCUT2D eigenvalue weighted by atomic mass is 9.90. The zero-order valence-electron chi connectivity index (χ0n) is 18.1. The van der Waals surface area contributed by atoms with Gasteiger partial charge in [-0.2, -0.15) is 0 Å². The third-order valence-corrected chi connectivity index (χ3v) is 6.09. The van der Waals surface area contributed by atoms with E-state index in [1.54, 1.807) is 18.7 Å². The van der Waals surface area contributed by atoms with Gasteiger partial charge in [-0.05, 0) is 37.4 Å². The summed E-state index contributed by atoms with van der Waals surface area (Å²) in [4.78, 5) is 41.8. The summed E-state index contributed by atoms with van der Waals surface area (Å²) in [6.07, 6.45) is 2.19. The molecule has 0 aliphatic carbocycles. The van der Waals surface area contributed by atoms with Crippen molar-refractivity contribution >= 4 is 17.1 Å². The molecule has 9 nitrogen and oxygen atoms in total. The van der Waals surface area contributed by atoms with Gasteiger partial charge in [-0.1, -0.05) is 24.3 Å². The minimum Gasteiger partial charge on any atom is -0.469 e. The molecule has 0 saturated carbocycles. The van der Waals surface area contributed by atoms with Gasteiger partial charge in [-0.3, -0.25) is 18.7 Å². The van der Waals surface area contributed by atoms with Crippen LogP contribution in [-0.2, 0) is 30.2 Å². The molecule has 1 saturated heterocycles. The number of benzene rings is 1. The van der Waals surface area contributed by atoms with Crippen LogP contribution in [0.5, 0.6) is 0 Å². The van der Waals surface area contributed by atoms with E-state index >= 15 is 0 Å². The molecule has 1 N–H and O–H groups in total. The average molecular weight is 425 g/mol. The molecule has 0 unspecified atom stereocenters. The zero-order chi connectivity index (χ0) is 22.1. The lowest BCUT2D eigenvalue weighted by Crippen LogP contribution is -2.40. The highest BCUT2D eigenvalue weighted by Gasteiger charge is 2.20. The summed E-state index contributed by atoms with van der Waals surface area (Å²) in [5.74, 6) is 0.688. The van der Waals surface area contributed by atoms with Crippen LogP contribution < -0.4 is 16.6 Å². The second-order valence-electron chi connectivity index (χ2n) is 7.94. The summed E-state index contributed by atoms with van der Waals surface area (Å²) in [6.45, 7) is 2.02. The smallest absolute Gasteiger partial charge is 0.332 e. The number of imidazole rings is 1. The number of carbonyl (C=O) groups is 1. The van der Waals surface area contributed by atoms with E-state index in [9.17, 15) is 14.4 Å². The lowest BCUT2D eigenvalue weighted by Gasteiger charge is -2.23. The molecular weight excluding hydrogens is 398 g/mol. The lowest BCUT2D eigenvalue weighted by molar-refractivity contribution is -0.140. The van der Waals surface area contributed by atoms with Gasteiger partial charge in [-0.15, -0.1) is 0 Å². The van der Waals surface area contributed by atoms with E-state index in [0.29, 0.717) is 17.4 Å². The number of aromatic nitrogens is 4. The number of hydrogen-bond acceptors (Lipinski definition) is 6. The Morgan fingerprint density at radius 2 is 1.81 bits per heavy atom. The quantitative estimate of drug-likeness (QED) is 0.615. The molecule has 1 fully saturated rings. The molecule has 0 atom stereocenters. The fourth-order valence-electron chi connectivity index (χ4n) is 4.32. The molecule has 4 rings (SSSR count). The largest absolute Gasteiger partial charge is 0.469 e. The maximum Gasteiger partial charge on any atom is 0.332 e. The molecule has 164 valence electrons. The van der Waals surface area contributed by atoms with E-state index in [-0.39, 0.29) is 18.5 Å². The zero-order valence-corrected chi connectivity index (χ0v) is 18.1. The molecule has 3 aromatic rings. The van der Waals surface area contributed by atoms with E-state index in [0.717, 1.165) is 36.1 Å². The molecule has 1 aliphatic rings. The molecule has 0 amide bonds. The molecule has 2 aromatic heterocycles. The van der Waals surface area contributed by atoms with Crippen LogP contribution >= 0.6 is 0 Å². The van der Waals surface area contributed by atoms with Crippen LogP contribution in [0, 0.1) is 0 Å². The number of fused-ring (bicyclic) bond motifs is 1. The fraction of sp³-hybridized carbons (Fsp3) is 0.455. The van der Waals surface area contributed by atoms with Crippen LogP contribution in [0.2, 0.25) is 0 Å². The van der Waals surface area contributed by atoms with Crippen molar-refractivity contribution in [1.82, 2.24) is 24.0 Å². The molecule has 0 radical (unpaired) electrons. The summed E-state index contributed by atoms with van der Waals surface area (Å²) in [5.41, 5.74) is 1.84. The van der Waals surface area contributed by atoms with Crippen molar-refractivity contribution in [3.63, 3.8) is 0 Å². The number of esters is 1. The predicted molar refractivity (Wildman–Crippen MR) is 117 cm³/mol. The first-order valence-corrected chi connectivity index (χ1v) is 10.5. The first kappa shape index (κ1) is 21.0. The number of hydrogen-bond donors (Lipinski definition) is 1. The van der Waals surface area contributed by atoms with E-state index in [1.165, 1.54) is 17.2 Å². The third kappa shape index (κ3) is 3.81. The predicted octanol–water partition coefficient (Wildman–Crippen LogP) is 1.13. The minimum atomic E-state index is -0.504. The van der Waals surface area contributed by atoms with Crippen molar-refractivity contribution in [2.45, 2.75) is 31.7 Å². The summed E-state index contributed by atoms with van der Waals surface area (Å²) in [6, 6.07) is 8.29. The summed E-state index contributed by atoms with van der Waals surface area (Å²) >= 11 is 0. The Bertz CT molecular complexity index is 1230. The van der Waals surface area contributed by atoms with Gasteiger partial charge in [0.15, 0.2) is 5.52 Å². The fourth-order valence-corrected chi connectivity index (χ4v) is 4.32. The Morgan fingerprint density at radius 1 is 1.13 bits per heavy atom. The van der Waals surface area contributed by atoms with Crippen LogP contribution in [0.15, 0.2) is 33.9 Å². The number of nitrogens with one attached hydrogen (secondary N) is 1. The van der Waals surface area contributed by atoms with E-state index in [1.807, 2.05) is 12.1 Å². The van der Waals surface area contributed by atoms with Gasteiger partial charge in [0.05, 0.1) is 13.5 Å². The van der Waals surface area contributed by atoms with Crippen LogP contribution in [0.25, 0.3) is 22.6 Å². The topological polar surface area (TPSA) is 100 Å². The second kappa shape index (κ2) is 8.50. The Kier molecular flexibility index (Phi) is 5.77. The first-order valence-electron chi connectivity index (χ1n) is 10.5. The monoisotopic (exact) mass is 425 g/mol. The molecule has 0 bridgehead atoms. The molecule has 31 heavy (non-hydrogen) atoms. The van der Waals surface area contributed by atoms with E-state index < -0.39 is 17.2 Å². The number of methoxy groups -OCH3 is 1. The first-order chi connectivity index (χ1) is 14.9. The Morgan fingerprint density at radius 3 is 2.45 bits per heavy atom. The van der Waals surface area contributed by atoms with Gasteiger partial charge in [0.2, 0.25) is 0 Å². The summed E-state index contributed by atoms with van der Waals surface area (Å²) in [5, 5.41) is 3.38. The molecular formula is C22H27N5O4. The van der Waals surface area contributed by atoms with Crippen LogP contribution in [-0.4, -0.2) is 44.9 Å². The summed E-state index contributed by atoms with van der Waals surface area (Å²) < 4.78 is 8.82. The third-order valence-electron chi connectivity index (χ3n) is 6.09. The number of piperidine rings is 1. The highest BCUT2D eigenvalue weighted by molar-refractivity contribution is 5.77. The van der Waals surface area contributed by atoms with Crippen molar-refractivity contribution in [2.75, 3.05) is 20.2 Å². The van der Waals surface area contributed by atoms with Gasteiger partial charge in [0.1, 0.15) is 11.5 Å². The second-order valence-corrected chi connectivity index (χ2v) is 7.94. The van der Waals surface area contributed by atoms with Gasteiger partial charge in [0.25, 0.3) is 5.56 Å². The number of carbonyl (C=O) groups excluding carboxylic acids is 1. The highest BCUT2D eigenvalue weighted by Crippen LogP contribution is 2.28. The highest BCUT2D eigenvalue weighted by atomic mass is 16.5. The standard InChI is InChI=1S/C22H27N5O4/c1-25-19(16-6-4-14(5-7-16)15-8-11-23-12-9-15)24-18-20(25)26(2)22(30)27(21(18)29)13-10-17(28)31-3/h4-7,15,23H,8-13H2,1-3H3. The van der Waals surface area contributed by atoms with Gasteiger partial charge in [-0.25, -0.2) is 9.78 Å². The maximum atomic E-state index is 13.0. The minimum absolute atomic E-state index is 0.0506. The van der Waals surface area contributed by atoms with Crippen molar-refractivity contribution in [3.8, 4) is 11.4 Å². The van der Waals surface area contributed by atoms with Crippen molar-refractivity contribution < 1.29 is 9.53 Å². The maximum absolute atomic E-state index is 13.0. The van der Waals surface area contributed by atoms with E-state index in [2.05, 4.69) is 27.2 Å². The van der Waals surface area contributed by atoms with Crippen molar-refractivity contribution in [2.24, 2.45) is 14.1 Å². The Hall–Kier alpha value is -3.20.